The summed E-state index contributed by atoms with van der Waals surface area (Å²) in [4.78, 5) is 15.0. The van der Waals surface area contributed by atoms with Crippen molar-refractivity contribution in [1.82, 2.24) is 4.90 Å². The molecule has 4 nitrogen and oxygen atoms in total. The molecule has 168 valence electrons. The van der Waals surface area contributed by atoms with Crippen LogP contribution in [-0.4, -0.2) is 30.6 Å². The third kappa shape index (κ3) is 6.25. The molecule has 2 aromatic rings. The van der Waals surface area contributed by atoms with E-state index in [4.69, 9.17) is 9.47 Å². The van der Waals surface area contributed by atoms with Crippen molar-refractivity contribution < 1.29 is 14.3 Å². The van der Waals surface area contributed by atoms with E-state index >= 15 is 0 Å². The monoisotopic (exact) mass is 423 g/mol. The normalized spacial score (nSPS) is 12.9. The first-order valence-corrected chi connectivity index (χ1v) is 11.9. The number of nitrogens with zero attached hydrogens (tertiary/aromatic N) is 1. The van der Waals surface area contributed by atoms with E-state index in [1.54, 1.807) is 0 Å². The molecule has 0 aromatic heterocycles. The highest BCUT2D eigenvalue weighted by Gasteiger charge is 2.31. The zero-order valence-electron chi connectivity index (χ0n) is 19.4. The Kier molecular flexibility index (Phi) is 8.81. The van der Waals surface area contributed by atoms with Gasteiger partial charge in [0.1, 0.15) is 0 Å². The third-order valence-electron chi connectivity index (χ3n) is 5.88. The molecular weight excluding hydrogens is 386 g/mol. The van der Waals surface area contributed by atoms with Crippen LogP contribution in [0, 0.1) is 6.92 Å². The van der Waals surface area contributed by atoms with Crippen LogP contribution in [0.4, 0.5) is 0 Å². The Labute approximate surface area is 187 Å². The van der Waals surface area contributed by atoms with Gasteiger partial charge in [-0.2, -0.15) is 0 Å². The van der Waals surface area contributed by atoms with Crippen LogP contribution >= 0.6 is 0 Å². The van der Waals surface area contributed by atoms with Crippen molar-refractivity contribution in [3.05, 3.63) is 58.7 Å². The summed E-state index contributed by atoms with van der Waals surface area (Å²) in [6.07, 6.45) is 7.52. The molecule has 0 spiro atoms. The lowest BCUT2D eigenvalue weighted by Crippen LogP contribution is -2.26. The van der Waals surface area contributed by atoms with Crippen LogP contribution in [0.3, 0.4) is 0 Å². The first-order chi connectivity index (χ1) is 15.1. The molecule has 1 amide bonds. The van der Waals surface area contributed by atoms with E-state index in [1.165, 1.54) is 17.5 Å². The Bertz CT molecular complexity index is 844. The first-order valence-electron chi connectivity index (χ1n) is 11.9. The fraction of sp³-hybridized carbons (Fsp3) is 0.519. The van der Waals surface area contributed by atoms with E-state index in [0.29, 0.717) is 26.3 Å². The van der Waals surface area contributed by atoms with Gasteiger partial charge in [0.05, 0.1) is 19.8 Å². The number of hydrogen-bond donors (Lipinski definition) is 0. The van der Waals surface area contributed by atoms with E-state index in [2.05, 4.69) is 45.0 Å². The number of fused-ring (bicyclic) bond motifs is 1. The Morgan fingerprint density at radius 2 is 1.55 bits per heavy atom. The van der Waals surface area contributed by atoms with Crippen LogP contribution in [0.15, 0.2) is 36.4 Å². The lowest BCUT2D eigenvalue weighted by molar-refractivity contribution is 0.0780. The van der Waals surface area contributed by atoms with Crippen molar-refractivity contribution in [2.75, 3.05) is 19.8 Å². The molecule has 2 aromatic carbocycles. The molecule has 1 aliphatic rings. The summed E-state index contributed by atoms with van der Waals surface area (Å²) in [6.45, 7) is 9.11. The molecule has 3 rings (SSSR count). The maximum absolute atomic E-state index is 13.0. The van der Waals surface area contributed by atoms with Crippen molar-refractivity contribution in [3.63, 3.8) is 0 Å². The SMILES string of the molecule is CCCCCOc1ccc2c(c1OCCCCC)CN(CCc1ccc(C)cc1)C2=O. The number of rotatable bonds is 13. The average Bonchev–Trinajstić information content (AvgIpc) is 3.10. The largest absolute Gasteiger partial charge is 0.490 e. The summed E-state index contributed by atoms with van der Waals surface area (Å²) in [5, 5.41) is 0. The lowest BCUT2D eigenvalue weighted by Gasteiger charge is -2.17. The number of unbranched alkanes of at least 4 members (excludes halogenated alkanes) is 4. The fourth-order valence-corrected chi connectivity index (χ4v) is 3.93. The minimum absolute atomic E-state index is 0.0954. The number of ether oxygens (including phenoxy) is 2. The minimum atomic E-state index is 0.0954. The van der Waals surface area contributed by atoms with Crippen molar-refractivity contribution >= 4 is 5.91 Å². The van der Waals surface area contributed by atoms with Gasteiger partial charge in [0.25, 0.3) is 5.91 Å². The van der Waals surface area contributed by atoms with Gasteiger partial charge in [0.15, 0.2) is 11.5 Å². The molecule has 0 saturated carbocycles. The number of amides is 1. The molecular formula is C27H37NO3. The highest BCUT2D eigenvalue weighted by atomic mass is 16.5. The van der Waals surface area contributed by atoms with Crippen molar-refractivity contribution in [2.45, 2.75) is 72.3 Å². The van der Waals surface area contributed by atoms with Gasteiger partial charge in [0.2, 0.25) is 0 Å². The Morgan fingerprint density at radius 1 is 0.871 bits per heavy atom. The first kappa shape index (κ1) is 23.2. The second-order valence-electron chi connectivity index (χ2n) is 8.49. The average molecular weight is 424 g/mol. The smallest absolute Gasteiger partial charge is 0.254 e. The van der Waals surface area contributed by atoms with E-state index in [0.717, 1.165) is 61.2 Å². The highest BCUT2D eigenvalue weighted by molar-refractivity contribution is 5.99. The molecule has 4 heteroatoms. The number of carbonyl (C=O) groups is 1. The molecule has 31 heavy (non-hydrogen) atoms. The molecule has 0 unspecified atom stereocenters. The topological polar surface area (TPSA) is 38.8 Å². The van der Waals surface area contributed by atoms with E-state index in [9.17, 15) is 4.79 Å². The molecule has 1 aliphatic heterocycles. The third-order valence-corrected chi connectivity index (χ3v) is 5.88. The summed E-state index contributed by atoms with van der Waals surface area (Å²) in [6, 6.07) is 12.4. The molecule has 0 fully saturated rings. The molecule has 0 radical (unpaired) electrons. The van der Waals surface area contributed by atoms with Crippen LogP contribution in [0.1, 0.15) is 79.4 Å². The zero-order valence-corrected chi connectivity index (χ0v) is 19.4. The van der Waals surface area contributed by atoms with E-state index < -0.39 is 0 Å². The maximum Gasteiger partial charge on any atom is 0.254 e. The Morgan fingerprint density at radius 3 is 2.23 bits per heavy atom. The fourth-order valence-electron chi connectivity index (χ4n) is 3.93. The van der Waals surface area contributed by atoms with Crippen molar-refractivity contribution in [1.29, 1.82) is 0 Å². The lowest BCUT2D eigenvalue weighted by atomic mass is 10.1. The Balaban J connectivity index is 1.71. The number of hydrogen-bond acceptors (Lipinski definition) is 3. The number of carbonyl (C=O) groups excluding carboxylic acids is 1. The van der Waals surface area contributed by atoms with E-state index in [1.807, 2.05) is 17.0 Å². The van der Waals surface area contributed by atoms with Gasteiger partial charge in [0, 0.05) is 17.7 Å². The molecule has 0 N–H and O–H groups in total. The predicted molar refractivity (Wildman–Crippen MR) is 126 cm³/mol. The van der Waals surface area contributed by atoms with Crippen molar-refractivity contribution in [2.24, 2.45) is 0 Å². The zero-order chi connectivity index (χ0) is 22.1. The second kappa shape index (κ2) is 11.8. The van der Waals surface area contributed by atoms with E-state index in [-0.39, 0.29) is 5.91 Å². The van der Waals surface area contributed by atoms with Crippen LogP contribution in [-0.2, 0) is 13.0 Å². The van der Waals surface area contributed by atoms with Crippen LogP contribution in [0.5, 0.6) is 11.5 Å². The summed E-state index contributed by atoms with van der Waals surface area (Å²) < 4.78 is 12.3. The minimum Gasteiger partial charge on any atom is -0.490 e. The molecule has 0 bridgehead atoms. The van der Waals surface area contributed by atoms with Gasteiger partial charge in [-0.1, -0.05) is 69.4 Å². The maximum atomic E-state index is 13.0. The summed E-state index contributed by atoms with van der Waals surface area (Å²) in [5.41, 5.74) is 4.25. The highest BCUT2D eigenvalue weighted by Crippen LogP contribution is 2.39. The van der Waals surface area contributed by atoms with Gasteiger partial charge in [-0.25, -0.2) is 0 Å². The predicted octanol–water partition coefficient (Wildman–Crippen LogP) is 6.33. The van der Waals surface area contributed by atoms with Crippen LogP contribution in [0.2, 0.25) is 0 Å². The summed E-state index contributed by atoms with van der Waals surface area (Å²) in [5.74, 6) is 1.65. The molecule has 0 atom stereocenters. The summed E-state index contributed by atoms with van der Waals surface area (Å²) in [7, 11) is 0. The Hall–Kier alpha value is -2.49. The van der Waals surface area contributed by atoms with Crippen LogP contribution < -0.4 is 9.47 Å². The van der Waals surface area contributed by atoms with Crippen molar-refractivity contribution in [3.8, 4) is 11.5 Å². The standard InChI is InChI=1S/C27H37NO3/c1-4-6-8-18-30-25-15-14-23-24(26(25)31-19-9-7-5-2)20-28(27(23)29)17-16-22-12-10-21(3)11-13-22/h10-15H,4-9,16-20H2,1-3H3. The van der Waals surface area contributed by atoms with Crippen LogP contribution in [0.25, 0.3) is 0 Å². The molecule has 1 heterocycles. The van der Waals surface area contributed by atoms with Gasteiger partial charge in [-0.15, -0.1) is 0 Å². The molecule has 0 saturated heterocycles. The second-order valence-corrected chi connectivity index (χ2v) is 8.49. The quantitative estimate of drug-likeness (QED) is 0.353. The van der Waals surface area contributed by atoms with Gasteiger partial charge in [-0.05, 0) is 43.9 Å². The number of aryl methyl sites for hydroxylation is 1. The number of benzene rings is 2. The molecule has 0 aliphatic carbocycles. The summed E-state index contributed by atoms with van der Waals surface area (Å²) >= 11 is 0. The van der Waals surface area contributed by atoms with Gasteiger partial charge >= 0.3 is 0 Å². The van der Waals surface area contributed by atoms with Gasteiger partial charge in [-0.3, -0.25) is 4.79 Å². The van der Waals surface area contributed by atoms with Gasteiger partial charge < -0.3 is 14.4 Å².